The topological polar surface area (TPSA) is 167 Å². The summed E-state index contributed by atoms with van der Waals surface area (Å²) in [5, 5.41) is 31.5. The van der Waals surface area contributed by atoms with Gasteiger partial charge in [-0.25, -0.2) is 9.78 Å². The Hall–Kier alpha value is -4.92. The first-order valence-electron chi connectivity index (χ1n) is 9.50. The minimum Gasteiger partial charge on any atom is -0.478 e. The van der Waals surface area contributed by atoms with Crippen LogP contribution in [0.2, 0.25) is 0 Å². The van der Waals surface area contributed by atoms with Crippen molar-refractivity contribution in [3.8, 4) is 17.5 Å². The Labute approximate surface area is 185 Å². The highest BCUT2D eigenvalue weighted by Crippen LogP contribution is 2.26. The van der Waals surface area contributed by atoms with Gasteiger partial charge in [0, 0.05) is 7.05 Å². The van der Waals surface area contributed by atoms with E-state index >= 15 is 0 Å². The molecule has 0 spiro atoms. The van der Waals surface area contributed by atoms with E-state index in [-0.39, 0.29) is 28.5 Å². The van der Waals surface area contributed by atoms with Crippen molar-refractivity contribution in [2.24, 2.45) is 22.4 Å². The van der Waals surface area contributed by atoms with E-state index in [4.69, 9.17) is 9.52 Å². The molecule has 0 saturated heterocycles. The van der Waals surface area contributed by atoms with Gasteiger partial charge in [-0.2, -0.15) is 25.6 Å². The Kier molecular flexibility index (Phi) is 5.37. The molecule has 1 aromatic carbocycles. The summed E-state index contributed by atoms with van der Waals surface area (Å²) < 4.78 is 6.33. The van der Waals surface area contributed by atoms with Crippen LogP contribution in [0.4, 0.5) is 11.6 Å². The summed E-state index contributed by atoms with van der Waals surface area (Å²) in [5.41, 5.74) is -0.158. The lowest BCUT2D eigenvalue weighted by Gasteiger charge is -2.16. The van der Waals surface area contributed by atoms with Crippen LogP contribution in [-0.4, -0.2) is 38.3 Å². The number of nitriles is 1. The lowest BCUT2D eigenvalue weighted by atomic mass is 10.2. The number of azo groups is 1. The normalized spacial score (nSPS) is 15.7. The van der Waals surface area contributed by atoms with Gasteiger partial charge in [0.15, 0.2) is 11.8 Å². The number of carboxylic acids is 1. The average Bonchev–Trinajstić information content (AvgIpc) is 3.43. The van der Waals surface area contributed by atoms with Crippen molar-refractivity contribution < 1.29 is 19.1 Å². The number of furan rings is 1. The zero-order valence-corrected chi connectivity index (χ0v) is 17.3. The number of amides is 1. The van der Waals surface area contributed by atoms with Crippen LogP contribution in [0.3, 0.4) is 0 Å². The van der Waals surface area contributed by atoms with Crippen LogP contribution in [0.1, 0.15) is 22.8 Å². The van der Waals surface area contributed by atoms with Crippen molar-refractivity contribution >= 4 is 29.2 Å². The predicted molar refractivity (Wildman–Crippen MR) is 114 cm³/mol. The number of hydrogen-bond acceptors (Lipinski definition) is 9. The Morgan fingerprint density at radius 3 is 2.58 bits per heavy atom. The smallest absolute Gasteiger partial charge is 0.335 e. The number of hydrazone groups is 1. The molecule has 1 aliphatic heterocycles. The van der Waals surface area contributed by atoms with Gasteiger partial charge in [0.25, 0.3) is 11.5 Å². The molecular weight excluding hydrogens is 430 g/mol. The van der Waals surface area contributed by atoms with Gasteiger partial charge in [0.2, 0.25) is 5.95 Å². The fourth-order valence-electron chi connectivity index (χ4n) is 3.10. The van der Waals surface area contributed by atoms with Gasteiger partial charge in [-0.05, 0) is 43.3 Å². The second-order valence-electron chi connectivity index (χ2n) is 6.95. The van der Waals surface area contributed by atoms with Gasteiger partial charge >= 0.3 is 5.97 Å². The third kappa shape index (κ3) is 3.79. The molecule has 0 fully saturated rings. The summed E-state index contributed by atoms with van der Waals surface area (Å²) in [5.74, 6) is -1.59. The minimum atomic E-state index is -1.07. The van der Waals surface area contributed by atoms with Gasteiger partial charge in [-0.15, -0.1) is 0 Å². The fourth-order valence-corrected chi connectivity index (χ4v) is 3.10. The first-order chi connectivity index (χ1) is 15.8. The van der Waals surface area contributed by atoms with Gasteiger partial charge in [0.1, 0.15) is 17.3 Å². The molecule has 12 nitrogen and oxygen atoms in total. The summed E-state index contributed by atoms with van der Waals surface area (Å²) in [4.78, 5) is 41.0. The molecule has 1 N–H and O–H groups in total. The number of anilines is 1. The van der Waals surface area contributed by atoms with Crippen molar-refractivity contribution in [2.45, 2.75) is 13.0 Å². The molecule has 4 rings (SSSR count). The van der Waals surface area contributed by atoms with E-state index in [1.165, 1.54) is 37.6 Å². The van der Waals surface area contributed by atoms with Crippen LogP contribution in [0.5, 0.6) is 0 Å². The standard InChI is InChI=1S/C21H15N7O5/c1-11-16(25-24-13-7-5-12(6-8-13)20(31)32)19(30)28(26-11)21-23-17(15-4-3-9-33-15)14(10-22)18(29)27(21)2/h3-9,16H,1-2H3,(H,31,32). The van der Waals surface area contributed by atoms with Crippen LogP contribution >= 0.6 is 0 Å². The molecule has 33 heavy (non-hydrogen) atoms. The number of aromatic nitrogens is 2. The third-order valence-corrected chi connectivity index (χ3v) is 4.82. The van der Waals surface area contributed by atoms with Gasteiger partial charge in [-0.3, -0.25) is 14.2 Å². The maximum Gasteiger partial charge on any atom is 0.335 e. The number of aromatic carboxylic acids is 1. The molecule has 12 heteroatoms. The quantitative estimate of drug-likeness (QED) is 0.589. The SMILES string of the molecule is CC1=NN(c2nc(-c3ccco3)c(C#N)c(=O)n2C)C(=O)C1N=Nc1ccc(C(=O)O)cc1. The summed E-state index contributed by atoms with van der Waals surface area (Å²) in [7, 11) is 1.37. The van der Waals surface area contributed by atoms with Crippen LogP contribution in [-0.2, 0) is 11.8 Å². The second kappa shape index (κ2) is 8.31. The molecule has 2 aromatic heterocycles. The van der Waals surface area contributed by atoms with Gasteiger partial charge < -0.3 is 9.52 Å². The molecule has 1 atom stereocenters. The number of benzene rings is 1. The maximum absolute atomic E-state index is 13.0. The van der Waals surface area contributed by atoms with Crippen molar-refractivity contribution in [3.63, 3.8) is 0 Å². The van der Waals surface area contributed by atoms with E-state index in [9.17, 15) is 19.6 Å². The molecule has 3 aromatic rings. The summed E-state index contributed by atoms with van der Waals surface area (Å²) in [6, 6.07) is 9.53. The second-order valence-corrected chi connectivity index (χ2v) is 6.95. The van der Waals surface area contributed by atoms with Crippen molar-refractivity contribution in [1.29, 1.82) is 5.26 Å². The van der Waals surface area contributed by atoms with Crippen molar-refractivity contribution in [3.05, 3.63) is 64.1 Å². The summed E-state index contributed by atoms with van der Waals surface area (Å²) in [6.45, 7) is 1.57. The summed E-state index contributed by atoms with van der Waals surface area (Å²) in [6.07, 6.45) is 1.37. The Bertz CT molecular complexity index is 1410. The Morgan fingerprint density at radius 2 is 1.97 bits per heavy atom. The number of carboxylic acid groups (broad SMARTS) is 1. The number of rotatable bonds is 5. The summed E-state index contributed by atoms with van der Waals surface area (Å²) >= 11 is 0. The molecule has 1 amide bonds. The lowest BCUT2D eigenvalue weighted by Crippen LogP contribution is -2.35. The molecule has 0 saturated carbocycles. The number of carbonyl (C=O) groups excluding carboxylic acids is 1. The van der Waals surface area contributed by atoms with Crippen LogP contribution in [0.15, 0.2) is 67.2 Å². The van der Waals surface area contributed by atoms with E-state index in [1.807, 2.05) is 6.07 Å². The van der Waals surface area contributed by atoms with E-state index in [0.29, 0.717) is 11.4 Å². The lowest BCUT2D eigenvalue weighted by molar-refractivity contribution is -0.118. The van der Waals surface area contributed by atoms with E-state index in [0.717, 1.165) is 9.58 Å². The number of hydrogen-bond donors (Lipinski definition) is 1. The zero-order chi connectivity index (χ0) is 23.7. The molecule has 1 unspecified atom stereocenters. The van der Waals surface area contributed by atoms with Crippen LogP contribution in [0, 0.1) is 11.3 Å². The first kappa shape index (κ1) is 21.3. The third-order valence-electron chi connectivity index (χ3n) is 4.82. The zero-order valence-electron chi connectivity index (χ0n) is 17.3. The Morgan fingerprint density at radius 1 is 1.24 bits per heavy atom. The highest BCUT2D eigenvalue weighted by Gasteiger charge is 2.37. The van der Waals surface area contributed by atoms with Gasteiger partial charge in [-0.1, -0.05) is 0 Å². The first-order valence-corrected chi connectivity index (χ1v) is 9.50. The molecule has 164 valence electrons. The molecular formula is C21H15N7O5. The van der Waals surface area contributed by atoms with E-state index in [2.05, 4.69) is 20.3 Å². The highest BCUT2D eigenvalue weighted by atomic mass is 16.4. The van der Waals surface area contributed by atoms with Crippen molar-refractivity contribution in [2.75, 3.05) is 5.01 Å². The molecule has 0 aliphatic carbocycles. The maximum atomic E-state index is 13.0. The van der Waals surface area contributed by atoms with E-state index < -0.39 is 23.5 Å². The van der Waals surface area contributed by atoms with Crippen molar-refractivity contribution in [1.82, 2.24) is 9.55 Å². The monoisotopic (exact) mass is 445 g/mol. The number of carbonyl (C=O) groups is 2. The van der Waals surface area contributed by atoms with Crippen LogP contribution in [0.25, 0.3) is 11.5 Å². The number of nitrogens with zero attached hydrogens (tertiary/aromatic N) is 7. The fraction of sp³-hybridized carbons (Fsp3) is 0.143. The van der Waals surface area contributed by atoms with E-state index in [1.54, 1.807) is 19.1 Å². The molecule has 1 aliphatic rings. The molecule has 3 heterocycles. The largest absolute Gasteiger partial charge is 0.478 e. The van der Waals surface area contributed by atoms with Crippen LogP contribution < -0.4 is 10.6 Å². The molecule has 0 bridgehead atoms. The Balaban J connectivity index is 1.68. The minimum absolute atomic E-state index is 0.00940. The average molecular weight is 445 g/mol. The highest BCUT2D eigenvalue weighted by molar-refractivity contribution is 6.17. The van der Waals surface area contributed by atoms with Gasteiger partial charge in [0.05, 0.1) is 23.2 Å². The predicted octanol–water partition coefficient (Wildman–Crippen LogP) is 2.49. The molecule has 0 radical (unpaired) electrons.